The number of carbonyl (C=O) groups excluding carboxylic acids is 4. The molecule has 8 bridgehead atoms. The SMILES string of the molecule is COc1cccc(C)c1-c1c2nc(c(-c3c(NC(=O)[C@H](C)OC)cccc3NC(=O)[C@H](C)OC)c3ccc([nH]3)c(-c3c(C)cccc3OC)c3nc(c(-c4c(NC(=O)[C@H](C)OC)cccc4NC(=O)[C@H](C)OC)c4ccc1[nH]4)C=C3)C=C2. The summed E-state index contributed by atoms with van der Waals surface area (Å²) in [6.07, 6.45) is 4.25. The number of hydrogen-bond acceptors (Lipinski definition) is 12. The van der Waals surface area contributed by atoms with E-state index in [-0.39, 0.29) is 0 Å². The lowest BCUT2D eigenvalue weighted by Crippen LogP contribution is -2.28. The molecule has 0 aliphatic carbocycles. The molecule has 7 aromatic rings. The molecule has 4 atom stereocenters. The van der Waals surface area contributed by atoms with Crippen LogP contribution in [0.3, 0.4) is 0 Å². The van der Waals surface area contributed by atoms with Crippen LogP contribution >= 0.6 is 0 Å². The van der Waals surface area contributed by atoms with Crippen LogP contribution in [0.4, 0.5) is 22.7 Å². The average molecular weight is 1110 g/mol. The van der Waals surface area contributed by atoms with Gasteiger partial charge in [-0.3, -0.25) is 19.2 Å². The first kappa shape index (κ1) is 57.5. The van der Waals surface area contributed by atoms with Gasteiger partial charge in [-0.25, -0.2) is 9.97 Å². The molecule has 3 aromatic heterocycles. The highest BCUT2D eigenvalue weighted by molar-refractivity contribution is 6.12. The van der Waals surface area contributed by atoms with Gasteiger partial charge >= 0.3 is 0 Å². The zero-order valence-corrected chi connectivity index (χ0v) is 47.8. The van der Waals surface area contributed by atoms with Gasteiger partial charge in [0.25, 0.3) is 23.6 Å². The van der Waals surface area contributed by atoms with Gasteiger partial charge < -0.3 is 59.7 Å². The molecule has 0 saturated carbocycles. The highest BCUT2D eigenvalue weighted by atomic mass is 16.5. The Kier molecular flexibility index (Phi) is 17.3. The van der Waals surface area contributed by atoms with Gasteiger partial charge in [0.2, 0.25) is 0 Å². The largest absolute Gasteiger partial charge is 0.496 e. The van der Waals surface area contributed by atoms with Crippen molar-refractivity contribution in [1.82, 2.24) is 19.9 Å². The lowest BCUT2D eigenvalue weighted by Gasteiger charge is -2.20. The molecule has 9 rings (SSSR count). The minimum absolute atomic E-state index is 0.358. The molecule has 4 amide bonds. The molecule has 0 spiro atoms. The van der Waals surface area contributed by atoms with Gasteiger partial charge in [-0.15, -0.1) is 0 Å². The monoisotopic (exact) mass is 1110 g/mol. The van der Waals surface area contributed by atoms with Crippen LogP contribution in [-0.4, -0.2) is 111 Å². The number of aromatic amines is 2. The third kappa shape index (κ3) is 11.3. The van der Waals surface area contributed by atoms with E-state index in [1.54, 1.807) is 78.3 Å². The molecule has 0 radical (unpaired) electrons. The fourth-order valence-corrected chi connectivity index (χ4v) is 9.95. The van der Waals surface area contributed by atoms with Gasteiger partial charge in [0.05, 0.1) is 59.7 Å². The summed E-state index contributed by atoms with van der Waals surface area (Å²) in [7, 11) is 9.04. The number of H-pyrrole nitrogens is 2. The Balaban J connectivity index is 1.53. The minimum atomic E-state index is -0.841. The summed E-state index contributed by atoms with van der Waals surface area (Å²) in [5, 5.41) is 12.3. The van der Waals surface area contributed by atoms with Crippen molar-refractivity contribution in [2.75, 3.05) is 63.9 Å². The van der Waals surface area contributed by atoms with E-state index in [4.69, 9.17) is 38.4 Å². The number of ether oxygens (including phenoxy) is 6. The number of amides is 4. The summed E-state index contributed by atoms with van der Waals surface area (Å²) in [5.74, 6) is -0.567. The Morgan fingerprint density at radius 1 is 0.366 bits per heavy atom. The van der Waals surface area contributed by atoms with Crippen molar-refractivity contribution >= 4 is 92.7 Å². The molecule has 0 saturated heterocycles. The van der Waals surface area contributed by atoms with Crippen molar-refractivity contribution in [3.05, 3.63) is 131 Å². The Hall–Kier alpha value is -9.20. The zero-order valence-electron chi connectivity index (χ0n) is 47.8. The van der Waals surface area contributed by atoms with E-state index in [0.29, 0.717) is 112 Å². The topological polar surface area (TPSA) is 229 Å². The number of carbonyl (C=O) groups is 4. The third-order valence-corrected chi connectivity index (χ3v) is 14.7. The third-order valence-electron chi connectivity index (χ3n) is 14.7. The van der Waals surface area contributed by atoms with E-state index in [0.717, 1.165) is 22.3 Å². The molecular formula is C64H66N8O10. The summed E-state index contributed by atoms with van der Waals surface area (Å²) < 4.78 is 34.2. The molecule has 82 heavy (non-hydrogen) atoms. The number of nitrogens with zero attached hydrogens (tertiary/aromatic N) is 2. The smallest absolute Gasteiger partial charge is 0.253 e. The first-order chi connectivity index (χ1) is 39.5. The lowest BCUT2D eigenvalue weighted by atomic mass is 9.97. The van der Waals surface area contributed by atoms with Crippen molar-refractivity contribution in [3.8, 4) is 56.0 Å². The van der Waals surface area contributed by atoms with Crippen molar-refractivity contribution in [3.63, 3.8) is 0 Å². The Morgan fingerprint density at radius 2 is 0.622 bits per heavy atom. The molecule has 18 nitrogen and oxygen atoms in total. The normalized spacial score (nSPS) is 13.2. The maximum absolute atomic E-state index is 13.9. The van der Waals surface area contributed by atoms with Crippen LogP contribution in [0.15, 0.2) is 97.1 Å². The van der Waals surface area contributed by atoms with Crippen LogP contribution in [0.1, 0.15) is 61.6 Å². The first-order valence-electron chi connectivity index (χ1n) is 26.6. The summed E-state index contributed by atoms with van der Waals surface area (Å²) >= 11 is 0. The van der Waals surface area contributed by atoms with E-state index in [2.05, 4.69) is 31.2 Å². The number of methoxy groups -OCH3 is 6. The van der Waals surface area contributed by atoms with Crippen LogP contribution in [0.2, 0.25) is 0 Å². The van der Waals surface area contributed by atoms with Crippen LogP contribution in [0.5, 0.6) is 11.5 Å². The number of anilines is 4. The standard InChI is InChI=1S/C64H66N8O10/c1-33-17-13-23-51(81-11)53(33)55-43-25-29-47(65-43)59(57-39(69-61(73)35(3)77-7)19-15-20-40(57)70-62(74)36(4)78-8)49-31-27-45(67-49)56(54-34(2)18-14-24-52(54)82-12)46-28-32-50(68-46)60(48-30-26-44(55)66-48)58-41(71-63(75)37(5)79-9)21-16-22-42(58)72-64(76)38(6)80-10/h13-32,35-38,65,68H,1-12H3,(H,69,73)(H,70,74)(H,71,75)(H,72,76)/t35-,36-,37-,38-/m0/s1. The molecule has 4 aromatic carbocycles. The summed E-state index contributed by atoms with van der Waals surface area (Å²) in [6, 6.07) is 29.8. The van der Waals surface area contributed by atoms with Gasteiger partial charge in [0.1, 0.15) is 35.9 Å². The Bertz CT molecular complexity index is 3560. The number of aryl methyl sites for hydroxylation is 2. The number of aromatic nitrogens is 4. The summed E-state index contributed by atoms with van der Waals surface area (Å²) in [4.78, 5) is 74.2. The molecule has 0 fully saturated rings. The van der Waals surface area contributed by atoms with Crippen LogP contribution in [0.25, 0.3) is 90.9 Å². The van der Waals surface area contributed by atoms with Gasteiger partial charge in [0.15, 0.2) is 0 Å². The maximum Gasteiger partial charge on any atom is 0.253 e. The lowest BCUT2D eigenvalue weighted by molar-refractivity contribution is -0.125. The minimum Gasteiger partial charge on any atom is -0.496 e. The number of hydrogen-bond donors (Lipinski definition) is 6. The van der Waals surface area contributed by atoms with E-state index in [1.807, 2.05) is 98.8 Å². The summed E-state index contributed by atoms with van der Waals surface area (Å²) in [6.45, 7) is 10.6. The molecule has 2 aliphatic heterocycles. The second-order valence-corrected chi connectivity index (χ2v) is 19.7. The Labute approximate surface area is 475 Å². The van der Waals surface area contributed by atoms with Gasteiger partial charge in [0, 0.05) is 95.0 Å². The number of benzene rings is 4. The fraction of sp³-hybridized carbons (Fsp3) is 0.250. The molecule has 0 unspecified atom stereocenters. The average Bonchev–Trinajstić information content (AvgIpc) is 4.19. The molecule has 18 heteroatoms. The van der Waals surface area contributed by atoms with E-state index >= 15 is 0 Å². The molecule has 422 valence electrons. The predicted molar refractivity (Wildman–Crippen MR) is 324 cm³/mol. The molecule has 2 aliphatic rings. The van der Waals surface area contributed by atoms with Crippen molar-refractivity contribution in [2.24, 2.45) is 0 Å². The van der Waals surface area contributed by atoms with Crippen LogP contribution in [0, 0.1) is 13.8 Å². The highest BCUT2D eigenvalue weighted by Crippen LogP contribution is 2.47. The molecule has 6 N–H and O–H groups in total. The van der Waals surface area contributed by atoms with Gasteiger partial charge in [-0.1, -0.05) is 36.4 Å². The van der Waals surface area contributed by atoms with E-state index in [9.17, 15) is 19.2 Å². The Morgan fingerprint density at radius 3 is 0.878 bits per heavy atom. The second kappa shape index (κ2) is 24.7. The number of fused-ring (bicyclic) bond motifs is 8. The van der Waals surface area contributed by atoms with Crippen LogP contribution in [-0.2, 0) is 38.1 Å². The first-order valence-corrected chi connectivity index (χ1v) is 26.6. The highest BCUT2D eigenvalue weighted by Gasteiger charge is 2.29. The van der Waals surface area contributed by atoms with E-state index in [1.165, 1.54) is 28.4 Å². The van der Waals surface area contributed by atoms with E-state index < -0.39 is 48.0 Å². The number of nitrogens with one attached hydrogen (secondary N) is 6. The quantitative estimate of drug-likeness (QED) is 0.0471. The fourth-order valence-electron chi connectivity index (χ4n) is 9.95. The maximum atomic E-state index is 13.9. The van der Waals surface area contributed by atoms with Gasteiger partial charge in [-0.2, -0.15) is 0 Å². The summed E-state index contributed by atoms with van der Waals surface area (Å²) in [5.41, 5.74) is 12.1. The second-order valence-electron chi connectivity index (χ2n) is 19.7. The van der Waals surface area contributed by atoms with Crippen molar-refractivity contribution in [2.45, 2.75) is 66.0 Å². The van der Waals surface area contributed by atoms with Gasteiger partial charge in [-0.05, 0) is 138 Å². The molecular weight excluding hydrogens is 1040 g/mol. The molecule has 5 heterocycles. The predicted octanol–water partition coefficient (Wildman–Crippen LogP) is 11.9. The van der Waals surface area contributed by atoms with Crippen molar-refractivity contribution in [1.29, 1.82) is 0 Å². The zero-order chi connectivity index (χ0) is 58.5. The van der Waals surface area contributed by atoms with Crippen molar-refractivity contribution < 1.29 is 47.6 Å². The van der Waals surface area contributed by atoms with Crippen LogP contribution < -0.4 is 30.7 Å². The number of rotatable bonds is 18.